The highest BCUT2D eigenvalue weighted by Gasteiger charge is 2.21. The molecule has 3 nitrogen and oxygen atoms in total. The van der Waals surface area contributed by atoms with E-state index in [1.54, 1.807) is 32.9 Å². The predicted molar refractivity (Wildman–Crippen MR) is 61.7 cm³/mol. The third kappa shape index (κ3) is 2.79. The molecule has 0 aliphatic heterocycles. The number of nitrogens with one attached hydrogen (secondary N) is 1. The number of halogens is 1. The summed E-state index contributed by atoms with van der Waals surface area (Å²) in [6.07, 6.45) is 0. The molecular formula is C12H17FN2O. The summed E-state index contributed by atoms with van der Waals surface area (Å²) in [4.78, 5) is 11.8. The lowest BCUT2D eigenvalue weighted by Crippen LogP contribution is -2.49. The predicted octanol–water partition coefficient (Wildman–Crippen LogP) is 1.60. The minimum atomic E-state index is -0.534. The van der Waals surface area contributed by atoms with Gasteiger partial charge in [-0.15, -0.1) is 0 Å². The normalized spacial score (nSPS) is 11.3. The number of amides is 1. The van der Waals surface area contributed by atoms with Crippen LogP contribution in [0.4, 0.5) is 4.39 Å². The van der Waals surface area contributed by atoms with Gasteiger partial charge in [0.2, 0.25) is 0 Å². The average Bonchev–Trinajstić information content (AvgIpc) is 2.21. The average molecular weight is 224 g/mol. The number of carbonyl (C=O) groups is 1. The Kier molecular flexibility index (Phi) is 3.65. The molecule has 0 atom stereocenters. The first-order valence-corrected chi connectivity index (χ1v) is 5.15. The maximum atomic E-state index is 13.6. The van der Waals surface area contributed by atoms with E-state index in [2.05, 4.69) is 5.32 Å². The fraction of sp³-hybridized carbons (Fsp3) is 0.417. The molecule has 4 heteroatoms. The van der Waals surface area contributed by atoms with Crippen molar-refractivity contribution in [2.75, 3.05) is 6.54 Å². The molecule has 0 aliphatic rings. The van der Waals surface area contributed by atoms with Gasteiger partial charge in [-0.25, -0.2) is 4.39 Å². The molecule has 3 N–H and O–H groups in total. The van der Waals surface area contributed by atoms with Crippen LogP contribution in [0.2, 0.25) is 0 Å². The summed E-state index contributed by atoms with van der Waals surface area (Å²) >= 11 is 0. The first-order chi connectivity index (χ1) is 7.37. The first-order valence-electron chi connectivity index (χ1n) is 5.15. The van der Waals surface area contributed by atoms with Crippen LogP contribution in [0.5, 0.6) is 0 Å². The monoisotopic (exact) mass is 224 g/mol. The van der Waals surface area contributed by atoms with Crippen LogP contribution in [0.15, 0.2) is 18.2 Å². The summed E-state index contributed by atoms with van der Waals surface area (Å²) in [7, 11) is 0. The number of nitrogens with two attached hydrogens (primary N) is 1. The Hall–Kier alpha value is -1.42. The third-order valence-electron chi connectivity index (χ3n) is 2.40. The molecule has 0 unspecified atom stereocenters. The smallest absolute Gasteiger partial charge is 0.254 e. The highest BCUT2D eigenvalue weighted by atomic mass is 19.1. The lowest BCUT2D eigenvalue weighted by molar-refractivity contribution is 0.0911. The second-order valence-corrected chi connectivity index (χ2v) is 4.48. The minimum Gasteiger partial charge on any atom is -0.346 e. The van der Waals surface area contributed by atoms with Crippen molar-refractivity contribution in [3.05, 3.63) is 35.1 Å². The summed E-state index contributed by atoms with van der Waals surface area (Å²) in [6.45, 7) is 5.50. The van der Waals surface area contributed by atoms with Gasteiger partial charge in [0.1, 0.15) is 5.82 Å². The molecule has 0 saturated heterocycles. The van der Waals surface area contributed by atoms with Gasteiger partial charge in [-0.3, -0.25) is 4.79 Å². The number of carbonyl (C=O) groups excluding carboxylic acids is 1. The van der Waals surface area contributed by atoms with Crippen molar-refractivity contribution in [2.45, 2.75) is 26.3 Å². The summed E-state index contributed by atoms with van der Waals surface area (Å²) in [5.41, 5.74) is 5.47. The van der Waals surface area contributed by atoms with Crippen LogP contribution in [0, 0.1) is 12.7 Å². The number of hydrogen-bond acceptors (Lipinski definition) is 2. The number of benzene rings is 1. The largest absolute Gasteiger partial charge is 0.346 e. The van der Waals surface area contributed by atoms with E-state index >= 15 is 0 Å². The third-order valence-corrected chi connectivity index (χ3v) is 2.40. The molecule has 1 aromatic rings. The first kappa shape index (κ1) is 12.6. The van der Waals surface area contributed by atoms with Gasteiger partial charge in [0, 0.05) is 12.1 Å². The number of hydrogen-bond donors (Lipinski definition) is 2. The van der Waals surface area contributed by atoms with E-state index in [0.717, 1.165) is 0 Å². The zero-order valence-corrected chi connectivity index (χ0v) is 9.80. The summed E-state index contributed by atoms with van der Waals surface area (Å²) < 4.78 is 13.6. The molecule has 0 spiro atoms. The van der Waals surface area contributed by atoms with Gasteiger partial charge in [-0.1, -0.05) is 12.1 Å². The molecule has 0 heterocycles. The molecule has 1 aromatic carbocycles. The summed E-state index contributed by atoms with van der Waals surface area (Å²) in [5, 5.41) is 2.69. The van der Waals surface area contributed by atoms with Crippen molar-refractivity contribution in [1.29, 1.82) is 0 Å². The van der Waals surface area contributed by atoms with Crippen LogP contribution in [-0.4, -0.2) is 18.0 Å². The van der Waals surface area contributed by atoms with Crippen LogP contribution in [-0.2, 0) is 0 Å². The van der Waals surface area contributed by atoms with E-state index in [0.29, 0.717) is 12.1 Å². The van der Waals surface area contributed by atoms with Crippen LogP contribution in [0.25, 0.3) is 0 Å². The van der Waals surface area contributed by atoms with Gasteiger partial charge in [0.25, 0.3) is 5.91 Å². The van der Waals surface area contributed by atoms with Gasteiger partial charge in [0.05, 0.1) is 5.56 Å². The van der Waals surface area contributed by atoms with E-state index in [1.165, 1.54) is 6.07 Å². The Morgan fingerprint density at radius 1 is 1.50 bits per heavy atom. The van der Waals surface area contributed by atoms with Crippen LogP contribution >= 0.6 is 0 Å². The van der Waals surface area contributed by atoms with Crippen molar-refractivity contribution in [1.82, 2.24) is 5.32 Å². The van der Waals surface area contributed by atoms with Gasteiger partial charge >= 0.3 is 0 Å². The topological polar surface area (TPSA) is 55.1 Å². The Labute approximate surface area is 94.8 Å². The Bertz CT molecular complexity index is 402. The van der Waals surface area contributed by atoms with Crippen LogP contribution in [0.3, 0.4) is 0 Å². The van der Waals surface area contributed by atoms with E-state index in [1.807, 2.05) is 0 Å². The van der Waals surface area contributed by atoms with E-state index in [-0.39, 0.29) is 5.56 Å². The van der Waals surface area contributed by atoms with Gasteiger partial charge in [-0.2, -0.15) is 0 Å². The molecule has 1 rings (SSSR count). The standard InChI is InChI=1S/C12H17FN2O/c1-8-5-4-6-9(10(8)13)11(16)15-12(2,3)7-14/h4-6H,7,14H2,1-3H3,(H,15,16). The van der Waals surface area contributed by atoms with E-state index in [9.17, 15) is 9.18 Å². The fourth-order valence-corrected chi connectivity index (χ4v) is 1.25. The zero-order chi connectivity index (χ0) is 12.3. The fourth-order valence-electron chi connectivity index (χ4n) is 1.25. The maximum Gasteiger partial charge on any atom is 0.254 e. The molecule has 1 amide bonds. The highest BCUT2D eigenvalue weighted by Crippen LogP contribution is 2.13. The summed E-state index contributed by atoms with van der Waals surface area (Å²) in [6, 6.07) is 4.74. The molecule has 88 valence electrons. The molecule has 0 fully saturated rings. The lowest BCUT2D eigenvalue weighted by atomic mass is 10.0. The zero-order valence-electron chi connectivity index (χ0n) is 9.80. The van der Waals surface area contributed by atoms with Crippen molar-refractivity contribution >= 4 is 5.91 Å². The SMILES string of the molecule is Cc1cccc(C(=O)NC(C)(C)CN)c1F. The van der Waals surface area contributed by atoms with Crippen molar-refractivity contribution < 1.29 is 9.18 Å². The van der Waals surface area contributed by atoms with E-state index < -0.39 is 17.3 Å². The molecule has 0 bridgehead atoms. The maximum absolute atomic E-state index is 13.6. The molecular weight excluding hydrogens is 207 g/mol. The highest BCUT2D eigenvalue weighted by molar-refractivity contribution is 5.95. The Balaban J connectivity index is 2.94. The van der Waals surface area contributed by atoms with E-state index in [4.69, 9.17) is 5.73 Å². The molecule has 0 aliphatic carbocycles. The molecule has 16 heavy (non-hydrogen) atoms. The quantitative estimate of drug-likeness (QED) is 0.819. The minimum absolute atomic E-state index is 0.0570. The van der Waals surface area contributed by atoms with Gasteiger partial charge in [-0.05, 0) is 32.4 Å². The second kappa shape index (κ2) is 4.61. The van der Waals surface area contributed by atoms with Gasteiger partial charge < -0.3 is 11.1 Å². The van der Waals surface area contributed by atoms with Crippen molar-refractivity contribution in [3.63, 3.8) is 0 Å². The van der Waals surface area contributed by atoms with Crippen molar-refractivity contribution in [2.24, 2.45) is 5.73 Å². The second-order valence-electron chi connectivity index (χ2n) is 4.48. The lowest BCUT2D eigenvalue weighted by Gasteiger charge is -2.24. The Morgan fingerprint density at radius 3 is 2.69 bits per heavy atom. The Morgan fingerprint density at radius 2 is 2.12 bits per heavy atom. The van der Waals surface area contributed by atoms with Crippen LogP contribution in [0.1, 0.15) is 29.8 Å². The van der Waals surface area contributed by atoms with Gasteiger partial charge in [0.15, 0.2) is 0 Å². The van der Waals surface area contributed by atoms with Crippen LogP contribution < -0.4 is 11.1 Å². The molecule has 0 radical (unpaired) electrons. The molecule has 0 aromatic heterocycles. The van der Waals surface area contributed by atoms with Crippen molar-refractivity contribution in [3.8, 4) is 0 Å². The number of aryl methyl sites for hydroxylation is 1. The molecule has 0 saturated carbocycles. The number of rotatable bonds is 3. The summed E-state index contributed by atoms with van der Waals surface area (Å²) in [5.74, 6) is -0.913.